The van der Waals surface area contributed by atoms with Gasteiger partial charge in [0, 0.05) is 18.3 Å². The number of carbonyl (C=O) groups excluding carboxylic acids is 2. The summed E-state index contributed by atoms with van der Waals surface area (Å²) in [7, 11) is 0. The molecule has 0 unspecified atom stereocenters. The van der Waals surface area contributed by atoms with E-state index >= 15 is 0 Å². The van der Waals surface area contributed by atoms with Gasteiger partial charge in [0.1, 0.15) is 5.41 Å². The standard InChI is InChI=1S/C19H24N2O2/c22-17(20-15-8-2-3-9-15)19(11-12-19)18(23)21-13-5-7-14-6-1-4-10-16(14)21/h1,4,6,10,15H,2-3,5,7-9,11-13H2,(H,20,22). The van der Waals surface area contributed by atoms with E-state index in [2.05, 4.69) is 11.4 Å². The predicted octanol–water partition coefficient (Wildman–Crippen LogP) is 2.80. The van der Waals surface area contributed by atoms with Gasteiger partial charge in [-0.15, -0.1) is 0 Å². The maximum Gasteiger partial charge on any atom is 0.242 e. The average Bonchev–Trinajstić information content (AvgIpc) is 3.25. The first-order valence-corrected chi connectivity index (χ1v) is 8.91. The van der Waals surface area contributed by atoms with E-state index < -0.39 is 5.41 Å². The molecule has 1 aromatic carbocycles. The van der Waals surface area contributed by atoms with Crippen LogP contribution in [0.15, 0.2) is 24.3 Å². The van der Waals surface area contributed by atoms with Crippen LogP contribution in [0.4, 0.5) is 5.69 Å². The Hall–Kier alpha value is -1.84. The smallest absolute Gasteiger partial charge is 0.242 e. The number of fused-ring (bicyclic) bond motifs is 1. The maximum atomic E-state index is 13.1. The van der Waals surface area contributed by atoms with Gasteiger partial charge in [-0.3, -0.25) is 9.59 Å². The Morgan fingerprint density at radius 2 is 1.83 bits per heavy atom. The molecule has 0 aromatic heterocycles. The lowest BCUT2D eigenvalue weighted by atomic mass is 9.97. The van der Waals surface area contributed by atoms with Crippen LogP contribution in [0.3, 0.4) is 0 Å². The number of nitrogens with one attached hydrogen (secondary N) is 1. The molecule has 23 heavy (non-hydrogen) atoms. The third-order valence-electron chi connectivity index (χ3n) is 5.64. The van der Waals surface area contributed by atoms with Crippen molar-refractivity contribution in [3.63, 3.8) is 0 Å². The van der Waals surface area contributed by atoms with Gasteiger partial charge in [-0.1, -0.05) is 31.0 Å². The third kappa shape index (κ3) is 2.54. The van der Waals surface area contributed by atoms with Crippen LogP contribution in [0.1, 0.15) is 50.5 Å². The topological polar surface area (TPSA) is 49.4 Å². The zero-order valence-electron chi connectivity index (χ0n) is 13.5. The van der Waals surface area contributed by atoms with Gasteiger partial charge in [0.2, 0.25) is 11.8 Å². The molecule has 122 valence electrons. The van der Waals surface area contributed by atoms with Gasteiger partial charge in [-0.05, 0) is 50.2 Å². The lowest BCUT2D eigenvalue weighted by Gasteiger charge is -2.32. The molecule has 1 heterocycles. The van der Waals surface area contributed by atoms with Crippen molar-refractivity contribution in [2.75, 3.05) is 11.4 Å². The molecule has 1 aromatic rings. The van der Waals surface area contributed by atoms with E-state index in [4.69, 9.17) is 0 Å². The number of amides is 2. The molecular formula is C19H24N2O2. The molecule has 3 aliphatic rings. The highest BCUT2D eigenvalue weighted by atomic mass is 16.2. The highest BCUT2D eigenvalue weighted by Gasteiger charge is 2.58. The normalized spacial score (nSPS) is 22.5. The van der Waals surface area contributed by atoms with Crippen molar-refractivity contribution in [3.8, 4) is 0 Å². The third-order valence-corrected chi connectivity index (χ3v) is 5.64. The van der Waals surface area contributed by atoms with Crippen molar-refractivity contribution in [1.29, 1.82) is 0 Å². The molecule has 4 heteroatoms. The van der Waals surface area contributed by atoms with Gasteiger partial charge in [-0.25, -0.2) is 0 Å². The second kappa shape index (κ2) is 5.66. The Morgan fingerprint density at radius 3 is 2.57 bits per heavy atom. The SMILES string of the molecule is O=C(NC1CCCC1)C1(C(=O)N2CCCc3ccccc32)CC1. The zero-order chi connectivity index (χ0) is 15.9. The molecule has 1 aliphatic heterocycles. The molecule has 2 amide bonds. The molecule has 4 rings (SSSR count). The quantitative estimate of drug-likeness (QED) is 0.873. The summed E-state index contributed by atoms with van der Waals surface area (Å²) in [4.78, 5) is 27.7. The number of carbonyl (C=O) groups is 2. The molecule has 0 atom stereocenters. The summed E-state index contributed by atoms with van der Waals surface area (Å²) >= 11 is 0. The highest BCUT2D eigenvalue weighted by molar-refractivity contribution is 6.14. The van der Waals surface area contributed by atoms with E-state index in [-0.39, 0.29) is 17.9 Å². The molecule has 0 spiro atoms. The van der Waals surface area contributed by atoms with Gasteiger partial charge in [0.05, 0.1) is 0 Å². The van der Waals surface area contributed by atoms with Gasteiger partial charge in [0.15, 0.2) is 0 Å². The van der Waals surface area contributed by atoms with Gasteiger partial charge < -0.3 is 10.2 Å². The molecule has 2 saturated carbocycles. The fraction of sp³-hybridized carbons (Fsp3) is 0.579. The molecule has 0 bridgehead atoms. The van der Waals surface area contributed by atoms with Crippen molar-refractivity contribution in [1.82, 2.24) is 5.32 Å². The summed E-state index contributed by atoms with van der Waals surface area (Å²) in [6, 6.07) is 8.38. The number of hydrogen-bond acceptors (Lipinski definition) is 2. The Balaban J connectivity index is 1.53. The van der Waals surface area contributed by atoms with Crippen molar-refractivity contribution >= 4 is 17.5 Å². The summed E-state index contributed by atoms with van der Waals surface area (Å²) < 4.78 is 0. The first kappa shape index (κ1) is 14.7. The van der Waals surface area contributed by atoms with Crippen LogP contribution in [0.2, 0.25) is 0 Å². The van der Waals surface area contributed by atoms with E-state index in [0.717, 1.165) is 37.9 Å². The fourth-order valence-electron chi connectivity index (χ4n) is 4.06. The summed E-state index contributed by atoms with van der Waals surface area (Å²) in [5, 5.41) is 3.14. The predicted molar refractivity (Wildman–Crippen MR) is 89.2 cm³/mol. The van der Waals surface area contributed by atoms with Crippen molar-refractivity contribution in [2.24, 2.45) is 5.41 Å². The van der Waals surface area contributed by atoms with Crippen LogP contribution in [-0.2, 0) is 16.0 Å². The van der Waals surface area contributed by atoms with Crippen LogP contribution >= 0.6 is 0 Å². The van der Waals surface area contributed by atoms with Gasteiger partial charge in [0.25, 0.3) is 0 Å². The maximum absolute atomic E-state index is 13.1. The number of rotatable bonds is 3. The van der Waals surface area contributed by atoms with Crippen LogP contribution in [0.25, 0.3) is 0 Å². The fourth-order valence-corrected chi connectivity index (χ4v) is 4.06. The summed E-state index contributed by atoms with van der Waals surface area (Å²) in [5.74, 6) is -0.0161. The molecule has 1 N–H and O–H groups in total. The lowest BCUT2D eigenvalue weighted by molar-refractivity contribution is -0.136. The Kier molecular flexibility index (Phi) is 3.63. The minimum Gasteiger partial charge on any atom is -0.352 e. The molecule has 4 nitrogen and oxygen atoms in total. The number of aryl methyl sites for hydroxylation is 1. The first-order valence-electron chi connectivity index (χ1n) is 8.91. The first-order chi connectivity index (χ1) is 11.2. The summed E-state index contributed by atoms with van der Waals surface area (Å²) in [6.45, 7) is 0.730. The number of nitrogens with zero attached hydrogens (tertiary/aromatic N) is 1. The van der Waals surface area contributed by atoms with Crippen molar-refractivity contribution in [3.05, 3.63) is 29.8 Å². The number of hydrogen-bond donors (Lipinski definition) is 1. The van der Waals surface area contributed by atoms with Crippen molar-refractivity contribution < 1.29 is 9.59 Å². The minimum absolute atomic E-state index is 0.0140. The molecule has 2 aliphatic carbocycles. The van der Waals surface area contributed by atoms with Crippen molar-refractivity contribution in [2.45, 2.75) is 57.4 Å². The number of para-hydroxylation sites is 1. The van der Waals surface area contributed by atoms with Gasteiger partial charge in [-0.2, -0.15) is 0 Å². The number of benzene rings is 1. The largest absolute Gasteiger partial charge is 0.352 e. The van der Waals surface area contributed by atoms with Crippen LogP contribution < -0.4 is 10.2 Å². The Labute approximate surface area is 137 Å². The summed E-state index contributed by atoms with van der Waals surface area (Å²) in [6.07, 6.45) is 7.87. The van der Waals surface area contributed by atoms with E-state index in [1.165, 1.54) is 18.4 Å². The Morgan fingerprint density at radius 1 is 1.09 bits per heavy atom. The zero-order valence-corrected chi connectivity index (χ0v) is 13.5. The second-order valence-corrected chi connectivity index (χ2v) is 7.23. The van der Waals surface area contributed by atoms with E-state index in [9.17, 15) is 9.59 Å². The molecular weight excluding hydrogens is 288 g/mol. The van der Waals surface area contributed by atoms with Crippen LogP contribution in [0, 0.1) is 5.41 Å². The number of anilines is 1. The molecule has 0 saturated heterocycles. The Bertz CT molecular complexity index is 630. The molecule has 0 radical (unpaired) electrons. The monoisotopic (exact) mass is 312 g/mol. The van der Waals surface area contributed by atoms with E-state index in [1.54, 1.807) is 0 Å². The lowest BCUT2D eigenvalue weighted by Crippen LogP contribution is -2.48. The van der Waals surface area contributed by atoms with Crippen LogP contribution in [0.5, 0.6) is 0 Å². The van der Waals surface area contributed by atoms with Crippen LogP contribution in [-0.4, -0.2) is 24.4 Å². The minimum atomic E-state index is -0.785. The average molecular weight is 312 g/mol. The van der Waals surface area contributed by atoms with E-state index in [1.807, 2.05) is 23.1 Å². The van der Waals surface area contributed by atoms with Gasteiger partial charge >= 0.3 is 0 Å². The second-order valence-electron chi connectivity index (χ2n) is 7.23. The summed E-state index contributed by atoms with van der Waals surface area (Å²) in [5.41, 5.74) is 1.44. The van der Waals surface area contributed by atoms with E-state index in [0.29, 0.717) is 12.8 Å². The molecule has 2 fully saturated rings. The highest BCUT2D eigenvalue weighted by Crippen LogP contribution is 2.49.